The van der Waals surface area contributed by atoms with Crippen LogP contribution in [0.3, 0.4) is 0 Å². The molecule has 1 aromatic carbocycles. The Kier molecular flexibility index (Phi) is 4.85. The monoisotopic (exact) mass is 343 g/mol. The Morgan fingerprint density at radius 1 is 1.32 bits per heavy atom. The summed E-state index contributed by atoms with van der Waals surface area (Å²) in [6.07, 6.45) is 3.08. The van der Waals surface area contributed by atoms with Crippen molar-refractivity contribution in [3.8, 4) is 0 Å². The topological polar surface area (TPSA) is 82.5 Å². The molecule has 0 bridgehead atoms. The van der Waals surface area contributed by atoms with E-state index in [1.54, 1.807) is 10.9 Å². The van der Waals surface area contributed by atoms with Crippen molar-refractivity contribution in [1.29, 1.82) is 0 Å². The number of rotatable bonds is 6. The van der Waals surface area contributed by atoms with E-state index in [9.17, 15) is 9.59 Å². The van der Waals surface area contributed by atoms with E-state index in [-0.39, 0.29) is 18.6 Å². The van der Waals surface area contributed by atoms with Gasteiger partial charge in [0.2, 0.25) is 0 Å². The summed E-state index contributed by atoms with van der Waals surface area (Å²) >= 11 is 0. The van der Waals surface area contributed by atoms with Crippen molar-refractivity contribution in [3.05, 3.63) is 54.1 Å². The molecule has 0 spiro atoms. The van der Waals surface area contributed by atoms with Crippen molar-refractivity contribution >= 4 is 11.9 Å². The highest BCUT2D eigenvalue weighted by atomic mass is 16.5. The number of nitrogens with zero attached hydrogens (tertiary/aromatic N) is 2. The van der Waals surface area contributed by atoms with Gasteiger partial charge in [-0.2, -0.15) is 0 Å². The quantitative estimate of drug-likeness (QED) is 0.799. The van der Waals surface area contributed by atoms with Crippen molar-refractivity contribution in [2.24, 2.45) is 5.41 Å². The fraction of sp³-hybridized carbons (Fsp3) is 0.389. The largest absolute Gasteiger partial charge is 0.468 e. The number of esters is 2. The van der Waals surface area contributed by atoms with Crippen molar-refractivity contribution in [2.45, 2.75) is 13.0 Å². The molecule has 0 amide bonds. The maximum Gasteiger partial charge on any atom is 0.356 e. The number of nitrogens with one attached hydrogen (secondary N) is 1. The van der Waals surface area contributed by atoms with Gasteiger partial charge in [0.15, 0.2) is 0 Å². The SMILES string of the molecule is COC(=O)C1(COC(=O)c2cncn2[C@H](C)c2ccccc2)CNC1. The molecule has 7 nitrogen and oxygen atoms in total. The fourth-order valence-corrected chi connectivity index (χ4v) is 2.89. The van der Waals surface area contributed by atoms with Crippen LogP contribution in [0.1, 0.15) is 29.0 Å². The van der Waals surface area contributed by atoms with Crippen molar-refractivity contribution < 1.29 is 19.1 Å². The molecule has 1 fully saturated rings. The van der Waals surface area contributed by atoms with Crippen LogP contribution in [0.5, 0.6) is 0 Å². The lowest BCUT2D eigenvalue weighted by atomic mass is 9.83. The van der Waals surface area contributed by atoms with E-state index < -0.39 is 11.4 Å². The van der Waals surface area contributed by atoms with Gasteiger partial charge in [-0.25, -0.2) is 9.78 Å². The van der Waals surface area contributed by atoms with Crippen LogP contribution < -0.4 is 5.32 Å². The van der Waals surface area contributed by atoms with Gasteiger partial charge in [-0.3, -0.25) is 4.79 Å². The van der Waals surface area contributed by atoms with Crippen LogP contribution in [0.15, 0.2) is 42.9 Å². The molecule has 1 atom stereocenters. The van der Waals surface area contributed by atoms with E-state index in [0.717, 1.165) is 5.56 Å². The lowest BCUT2D eigenvalue weighted by Crippen LogP contribution is -2.61. The van der Waals surface area contributed by atoms with Gasteiger partial charge < -0.3 is 19.4 Å². The Balaban J connectivity index is 1.72. The van der Waals surface area contributed by atoms with E-state index in [1.165, 1.54) is 13.3 Å². The molecule has 25 heavy (non-hydrogen) atoms. The molecule has 1 saturated heterocycles. The average molecular weight is 343 g/mol. The first-order chi connectivity index (χ1) is 12.1. The predicted octanol–water partition coefficient (Wildman–Crippen LogP) is 1.41. The van der Waals surface area contributed by atoms with Gasteiger partial charge in [0.05, 0.1) is 25.7 Å². The second kappa shape index (κ2) is 7.06. The molecule has 0 radical (unpaired) electrons. The molecule has 1 N–H and O–H groups in total. The smallest absolute Gasteiger partial charge is 0.356 e. The average Bonchev–Trinajstić information content (AvgIpc) is 3.10. The summed E-state index contributed by atoms with van der Waals surface area (Å²) in [4.78, 5) is 28.5. The zero-order valence-electron chi connectivity index (χ0n) is 14.3. The third-order valence-electron chi connectivity index (χ3n) is 4.60. The minimum atomic E-state index is -0.791. The molecule has 1 aliphatic rings. The zero-order valence-corrected chi connectivity index (χ0v) is 14.3. The number of methoxy groups -OCH3 is 1. The normalized spacial score (nSPS) is 16.6. The summed E-state index contributed by atoms with van der Waals surface area (Å²) in [6.45, 7) is 2.84. The van der Waals surface area contributed by atoms with Crippen LogP contribution in [0, 0.1) is 5.41 Å². The van der Waals surface area contributed by atoms with Crippen LogP contribution >= 0.6 is 0 Å². The summed E-state index contributed by atoms with van der Waals surface area (Å²) in [5.74, 6) is -0.874. The standard InChI is InChI=1S/C18H21N3O4/c1-13(14-6-4-3-5-7-14)21-12-19-8-15(21)16(22)25-11-18(9-20-10-18)17(23)24-2/h3-8,12-13,20H,9-11H2,1-2H3/t13-/m1/s1. The molecule has 1 aliphatic heterocycles. The third-order valence-corrected chi connectivity index (χ3v) is 4.60. The lowest BCUT2D eigenvalue weighted by molar-refractivity contribution is -0.159. The summed E-state index contributed by atoms with van der Waals surface area (Å²) in [5, 5.41) is 3.02. The van der Waals surface area contributed by atoms with E-state index in [4.69, 9.17) is 9.47 Å². The molecule has 0 aliphatic carbocycles. The Hall–Kier alpha value is -2.67. The second-order valence-corrected chi connectivity index (χ2v) is 6.22. The molecule has 2 heterocycles. The van der Waals surface area contributed by atoms with Crippen LogP contribution in [0.2, 0.25) is 0 Å². The highest BCUT2D eigenvalue weighted by molar-refractivity contribution is 5.88. The predicted molar refractivity (Wildman–Crippen MR) is 90.1 cm³/mol. The number of carbonyl (C=O) groups is 2. The number of imidazole rings is 1. The van der Waals surface area contributed by atoms with Crippen LogP contribution in [-0.4, -0.2) is 48.3 Å². The van der Waals surface area contributed by atoms with E-state index in [1.807, 2.05) is 37.3 Å². The van der Waals surface area contributed by atoms with Gasteiger partial charge in [0.25, 0.3) is 0 Å². The number of benzene rings is 1. The highest BCUT2D eigenvalue weighted by Gasteiger charge is 2.47. The maximum absolute atomic E-state index is 12.5. The first-order valence-corrected chi connectivity index (χ1v) is 8.10. The van der Waals surface area contributed by atoms with Gasteiger partial charge in [0.1, 0.15) is 17.7 Å². The Morgan fingerprint density at radius 2 is 2.04 bits per heavy atom. The Morgan fingerprint density at radius 3 is 2.64 bits per heavy atom. The fourth-order valence-electron chi connectivity index (χ4n) is 2.89. The van der Waals surface area contributed by atoms with Crippen LogP contribution in [0.4, 0.5) is 0 Å². The van der Waals surface area contributed by atoms with E-state index >= 15 is 0 Å². The lowest BCUT2D eigenvalue weighted by Gasteiger charge is -2.38. The minimum Gasteiger partial charge on any atom is -0.468 e. The summed E-state index contributed by atoms with van der Waals surface area (Å²) in [7, 11) is 1.33. The van der Waals surface area contributed by atoms with Gasteiger partial charge in [-0.1, -0.05) is 30.3 Å². The Bertz CT molecular complexity index is 753. The summed E-state index contributed by atoms with van der Waals surface area (Å²) in [5.41, 5.74) is 0.618. The molecule has 0 unspecified atom stereocenters. The minimum absolute atomic E-state index is 0.0175. The Labute approximate surface area is 146 Å². The number of hydrogen-bond donors (Lipinski definition) is 1. The van der Waals surface area contributed by atoms with Gasteiger partial charge in [0, 0.05) is 13.1 Å². The molecule has 3 rings (SSSR count). The first-order valence-electron chi connectivity index (χ1n) is 8.10. The number of aromatic nitrogens is 2. The molecule has 2 aromatic rings. The molecular formula is C18H21N3O4. The molecule has 1 aromatic heterocycles. The number of ether oxygens (including phenoxy) is 2. The van der Waals surface area contributed by atoms with Gasteiger partial charge >= 0.3 is 11.9 Å². The molecule has 7 heteroatoms. The second-order valence-electron chi connectivity index (χ2n) is 6.22. The van der Waals surface area contributed by atoms with Crippen LogP contribution in [0.25, 0.3) is 0 Å². The van der Waals surface area contributed by atoms with Crippen LogP contribution in [-0.2, 0) is 14.3 Å². The summed E-state index contributed by atoms with van der Waals surface area (Å²) < 4.78 is 12.0. The highest BCUT2D eigenvalue weighted by Crippen LogP contribution is 2.26. The summed E-state index contributed by atoms with van der Waals surface area (Å²) in [6, 6.07) is 9.76. The zero-order chi connectivity index (χ0) is 17.9. The van der Waals surface area contributed by atoms with Crippen molar-refractivity contribution in [2.75, 3.05) is 26.8 Å². The molecular weight excluding hydrogens is 322 g/mol. The van der Waals surface area contributed by atoms with Gasteiger partial charge in [-0.05, 0) is 12.5 Å². The number of carbonyl (C=O) groups excluding carboxylic acids is 2. The van der Waals surface area contributed by atoms with Crippen molar-refractivity contribution in [1.82, 2.24) is 14.9 Å². The first kappa shape index (κ1) is 17.2. The third kappa shape index (κ3) is 3.28. The van der Waals surface area contributed by atoms with Gasteiger partial charge in [-0.15, -0.1) is 0 Å². The number of hydrogen-bond acceptors (Lipinski definition) is 6. The van der Waals surface area contributed by atoms with E-state index in [0.29, 0.717) is 18.8 Å². The van der Waals surface area contributed by atoms with Crippen molar-refractivity contribution in [3.63, 3.8) is 0 Å². The molecule has 0 saturated carbocycles. The maximum atomic E-state index is 12.5. The van der Waals surface area contributed by atoms with E-state index in [2.05, 4.69) is 10.3 Å². The molecule has 132 valence electrons.